The summed E-state index contributed by atoms with van der Waals surface area (Å²) in [5.74, 6) is 0.321. The van der Waals surface area contributed by atoms with E-state index in [0.29, 0.717) is 10.8 Å². The number of ether oxygens (including phenoxy) is 1. The van der Waals surface area contributed by atoms with Gasteiger partial charge in [-0.05, 0) is 35.9 Å². The quantitative estimate of drug-likeness (QED) is 0.915. The lowest BCUT2D eigenvalue weighted by Gasteiger charge is -2.20. The lowest BCUT2D eigenvalue weighted by Crippen LogP contribution is -2.22. The second-order valence-electron chi connectivity index (χ2n) is 4.31. The lowest BCUT2D eigenvalue weighted by atomic mass is 10.00. The molecule has 1 aromatic heterocycles. The number of pyridine rings is 1. The molecule has 0 saturated carbocycles. The molecule has 0 spiro atoms. The van der Waals surface area contributed by atoms with Crippen LogP contribution in [0.3, 0.4) is 0 Å². The van der Waals surface area contributed by atoms with Crippen molar-refractivity contribution in [3.63, 3.8) is 0 Å². The minimum atomic E-state index is -0.349. The number of hydrogen-bond acceptors (Lipinski definition) is 3. The van der Waals surface area contributed by atoms with Crippen molar-refractivity contribution >= 4 is 11.6 Å². The van der Waals surface area contributed by atoms with Gasteiger partial charge in [0.15, 0.2) is 0 Å². The normalized spacial score (nSPS) is 12.2. The number of rotatable bonds is 5. The summed E-state index contributed by atoms with van der Waals surface area (Å²) in [6.45, 7) is 2.74. The monoisotopic (exact) mass is 294 g/mol. The van der Waals surface area contributed by atoms with E-state index in [-0.39, 0.29) is 11.9 Å². The topological polar surface area (TPSA) is 34.2 Å². The highest BCUT2D eigenvalue weighted by atomic mass is 35.5. The third-order valence-electron chi connectivity index (χ3n) is 2.99. The molecule has 106 valence electrons. The number of hydrogen-bond donors (Lipinski definition) is 1. The van der Waals surface area contributed by atoms with Gasteiger partial charge in [0, 0.05) is 11.2 Å². The number of methoxy groups -OCH3 is 1. The third-order valence-corrected chi connectivity index (χ3v) is 3.31. The van der Waals surface area contributed by atoms with Crippen LogP contribution >= 0.6 is 11.6 Å². The summed E-state index contributed by atoms with van der Waals surface area (Å²) < 4.78 is 18.4. The van der Waals surface area contributed by atoms with E-state index in [1.807, 2.05) is 13.0 Å². The van der Waals surface area contributed by atoms with Gasteiger partial charge in [-0.25, -0.2) is 4.39 Å². The molecule has 2 aromatic rings. The third kappa shape index (κ3) is 3.26. The van der Waals surface area contributed by atoms with E-state index in [1.54, 1.807) is 25.6 Å². The highest BCUT2D eigenvalue weighted by Crippen LogP contribution is 2.30. The number of nitrogens with zero attached hydrogens (tertiary/aromatic N) is 1. The van der Waals surface area contributed by atoms with Crippen LogP contribution in [0.5, 0.6) is 5.75 Å². The number of benzene rings is 1. The van der Waals surface area contributed by atoms with Crippen molar-refractivity contribution in [2.75, 3.05) is 13.7 Å². The van der Waals surface area contributed by atoms with Crippen LogP contribution in [-0.2, 0) is 0 Å². The summed E-state index contributed by atoms with van der Waals surface area (Å²) in [7, 11) is 1.59. The van der Waals surface area contributed by atoms with Gasteiger partial charge >= 0.3 is 0 Å². The van der Waals surface area contributed by atoms with Gasteiger partial charge in [-0.2, -0.15) is 0 Å². The van der Waals surface area contributed by atoms with Crippen LogP contribution in [0.1, 0.15) is 24.1 Å². The second kappa shape index (κ2) is 6.68. The maximum atomic E-state index is 13.2. The Balaban J connectivity index is 2.44. The largest absolute Gasteiger partial charge is 0.495 e. The number of nitrogens with one attached hydrogen (secondary N) is 1. The van der Waals surface area contributed by atoms with Gasteiger partial charge in [0.2, 0.25) is 0 Å². The van der Waals surface area contributed by atoms with Gasteiger partial charge in [-0.15, -0.1) is 0 Å². The summed E-state index contributed by atoms with van der Waals surface area (Å²) in [6.07, 6.45) is 3.38. The molecule has 20 heavy (non-hydrogen) atoms. The van der Waals surface area contributed by atoms with Crippen LogP contribution in [-0.4, -0.2) is 18.6 Å². The van der Waals surface area contributed by atoms with Gasteiger partial charge in [0.05, 0.1) is 19.3 Å². The molecule has 1 N–H and O–H groups in total. The highest BCUT2D eigenvalue weighted by molar-refractivity contribution is 6.31. The fourth-order valence-corrected chi connectivity index (χ4v) is 2.33. The standard InChI is InChI=1S/C15H16ClFN2O/c1-3-19-15(10-6-12(20-2)9-18-8-10)13-5-4-11(17)7-14(13)16/h4-9,15,19H,3H2,1-2H3. The Hall–Kier alpha value is -1.65. The molecule has 0 radical (unpaired) electrons. The van der Waals surface area contributed by atoms with Crippen molar-refractivity contribution in [3.8, 4) is 5.75 Å². The van der Waals surface area contributed by atoms with E-state index in [4.69, 9.17) is 16.3 Å². The Kier molecular flexibility index (Phi) is 4.93. The summed E-state index contributed by atoms with van der Waals surface area (Å²) in [5.41, 5.74) is 1.73. The Labute approximate surface area is 122 Å². The minimum Gasteiger partial charge on any atom is -0.495 e. The molecule has 0 aliphatic carbocycles. The molecule has 0 aliphatic rings. The fraction of sp³-hybridized carbons (Fsp3) is 0.267. The first-order valence-corrected chi connectivity index (χ1v) is 6.70. The fourth-order valence-electron chi connectivity index (χ4n) is 2.05. The Morgan fingerprint density at radius 2 is 2.15 bits per heavy atom. The van der Waals surface area contributed by atoms with Crippen molar-refractivity contribution < 1.29 is 9.13 Å². The van der Waals surface area contributed by atoms with Crippen molar-refractivity contribution in [3.05, 3.63) is 58.6 Å². The van der Waals surface area contributed by atoms with Crippen LogP contribution in [0.4, 0.5) is 4.39 Å². The zero-order valence-corrected chi connectivity index (χ0v) is 12.1. The van der Waals surface area contributed by atoms with Crippen molar-refractivity contribution in [1.29, 1.82) is 0 Å². The summed E-state index contributed by atoms with van der Waals surface area (Å²) in [5, 5.41) is 3.71. The second-order valence-corrected chi connectivity index (χ2v) is 4.72. The van der Waals surface area contributed by atoms with Gasteiger partial charge in [-0.3, -0.25) is 4.98 Å². The maximum absolute atomic E-state index is 13.2. The van der Waals surface area contributed by atoms with Crippen LogP contribution in [0.15, 0.2) is 36.7 Å². The molecule has 1 unspecified atom stereocenters. The summed E-state index contributed by atoms with van der Waals surface area (Å²) in [4.78, 5) is 4.15. The molecular weight excluding hydrogens is 279 g/mol. The van der Waals surface area contributed by atoms with E-state index in [2.05, 4.69) is 10.3 Å². The maximum Gasteiger partial charge on any atom is 0.137 e. The predicted molar refractivity (Wildman–Crippen MR) is 77.7 cm³/mol. The van der Waals surface area contributed by atoms with E-state index < -0.39 is 0 Å². The SMILES string of the molecule is CCNC(c1cncc(OC)c1)c1ccc(F)cc1Cl. The van der Waals surface area contributed by atoms with E-state index in [0.717, 1.165) is 17.7 Å². The first-order valence-electron chi connectivity index (χ1n) is 6.33. The average molecular weight is 295 g/mol. The van der Waals surface area contributed by atoms with Gasteiger partial charge in [0.1, 0.15) is 11.6 Å². The number of aromatic nitrogens is 1. The molecule has 0 bridgehead atoms. The van der Waals surface area contributed by atoms with Crippen LogP contribution < -0.4 is 10.1 Å². The van der Waals surface area contributed by atoms with Crippen molar-refractivity contribution in [2.45, 2.75) is 13.0 Å². The molecule has 2 rings (SSSR count). The number of halogens is 2. The molecule has 1 atom stereocenters. The van der Waals surface area contributed by atoms with Gasteiger partial charge in [0.25, 0.3) is 0 Å². The molecule has 0 saturated heterocycles. The smallest absolute Gasteiger partial charge is 0.137 e. The Bertz CT molecular complexity index is 592. The first-order chi connectivity index (χ1) is 9.65. The molecule has 1 aromatic carbocycles. The lowest BCUT2D eigenvalue weighted by molar-refractivity contribution is 0.411. The van der Waals surface area contributed by atoms with Crippen molar-refractivity contribution in [2.24, 2.45) is 0 Å². The van der Waals surface area contributed by atoms with Gasteiger partial charge in [-0.1, -0.05) is 24.6 Å². The molecule has 1 heterocycles. The van der Waals surface area contributed by atoms with E-state index in [9.17, 15) is 4.39 Å². The van der Waals surface area contributed by atoms with Crippen LogP contribution in [0, 0.1) is 5.82 Å². The molecule has 0 fully saturated rings. The van der Waals surface area contributed by atoms with E-state index >= 15 is 0 Å². The van der Waals surface area contributed by atoms with Crippen LogP contribution in [0.25, 0.3) is 0 Å². The van der Waals surface area contributed by atoms with Crippen LogP contribution in [0.2, 0.25) is 5.02 Å². The minimum absolute atomic E-state index is 0.157. The molecule has 5 heteroatoms. The zero-order chi connectivity index (χ0) is 14.5. The van der Waals surface area contributed by atoms with Gasteiger partial charge < -0.3 is 10.1 Å². The average Bonchev–Trinajstić information content (AvgIpc) is 2.45. The predicted octanol–water partition coefficient (Wildman–Crippen LogP) is 3.58. The Morgan fingerprint density at radius 1 is 1.35 bits per heavy atom. The Morgan fingerprint density at radius 3 is 2.80 bits per heavy atom. The first kappa shape index (κ1) is 14.8. The molecule has 3 nitrogen and oxygen atoms in total. The summed E-state index contributed by atoms with van der Waals surface area (Å²) in [6, 6.07) is 6.13. The molecule has 0 aliphatic heterocycles. The molecular formula is C15H16ClFN2O. The summed E-state index contributed by atoms with van der Waals surface area (Å²) >= 11 is 6.15. The zero-order valence-electron chi connectivity index (χ0n) is 11.4. The van der Waals surface area contributed by atoms with Crippen molar-refractivity contribution in [1.82, 2.24) is 10.3 Å². The highest BCUT2D eigenvalue weighted by Gasteiger charge is 2.17. The molecule has 0 amide bonds. The van der Waals surface area contributed by atoms with E-state index in [1.165, 1.54) is 12.1 Å².